The van der Waals surface area contributed by atoms with Crippen LogP contribution in [0.5, 0.6) is 0 Å². The molecule has 4 amide bonds. The fourth-order valence-corrected chi connectivity index (χ4v) is 14.0. The van der Waals surface area contributed by atoms with E-state index in [9.17, 15) is 0 Å². The third-order valence-corrected chi connectivity index (χ3v) is 18.5. The van der Waals surface area contributed by atoms with Crippen LogP contribution in [-0.4, -0.2) is 45.5 Å². The molecule has 5 aromatic carbocycles. The van der Waals surface area contributed by atoms with Gasteiger partial charge in [-0.15, -0.1) is 12.8 Å². The van der Waals surface area contributed by atoms with Crippen LogP contribution in [0.1, 0.15) is 337 Å². The van der Waals surface area contributed by atoms with Gasteiger partial charge in [0.25, 0.3) is 23.6 Å². The maximum Gasteiger partial charge on any atom is 0.261 e. The highest BCUT2D eigenvalue weighted by Gasteiger charge is 2.41. The van der Waals surface area contributed by atoms with Gasteiger partial charge in [0, 0.05) is 77.8 Å². The van der Waals surface area contributed by atoms with Crippen LogP contribution in [-0.2, 0) is 0 Å². The lowest BCUT2D eigenvalue weighted by atomic mass is 9.79. The topological polar surface area (TPSA) is 74.8 Å². The molecule has 0 fully saturated rings. The number of hydrogen-bond acceptors (Lipinski definition) is 4. The van der Waals surface area contributed by atoms with Crippen LogP contribution in [0.15, 0.2) is 36.4 Å². The van der Waals surface area contributed by atoms with Crippen LogP contribution < -0.4 is 0 Å². The van der Waals surface area contributed by atoms with Crippen molar-refractivity contribution in [2.75, 3.05) is 0 Å². The molecular weight excluding hydrogens is 981 g/mol. The smallest absolute Gasteiger partial charge is 0.261 e. The Balaban J connectivity index is 1.19. The van der Waals surface area contributed by atoms with Gasteiger partial charge in [-0.2, -0.15) is 0 Å². The van der Waals surface area contributed by atoms with Crippen molar-refractivity contribution in [3.8, 4) is 24.7 Å². The lowest BCUT2D eigenvalue weighted by Gasteiger charge is -2.36. The van der Waals surface area contributed by atoms with Crippen LogP contribution in [0.2, 0.25) is 0 Å². The normalized spacial score (nSPS) is 13.5. The Bertz CT molecular complexity index is 2650. The molecule has 6 nitrogen and oxygen atoms in total. The Hall–Kier alpha value is -5.20. The zero-order chi connectivity index (χ0) is 56.6. The molecule has 0 aliphatic carbocycles. The molecule has 5 aromatic rings. The van der Waals surface area contributed by atoms with E-state index in [1.165, 1.54) is 180 Å². The summed E-state index contributed by atoms with van der Waals surface area (Å²) in [6.07, 6.45) is 59.8. The van der Waals surface area contributed by atoms with Crippen LogP contribution in [0, 0.1) is 24.7 Å². The molecule has 0 saturated heterocycles. The minimum atomic E-state index is -0.275. The van der Waals surface area contributed by atoms with Crippen LogP contribution in [0.4, 0.5) is 0 Å². The van der Waals surface area contributed by atoms with Gasteiger partial charge in [-0.25, -0.2) is 0 Å². The summed E-state index contributed by atoms with van der Waals surface area (Å²) in [6, 6.07) is 11.0. The molecule has 80 heavy (non-hydrogen) atoms. The van der Waals surface area contributed by atoms with Gasteiger partial charge >= 0.3 is 0 Å². The molecule has 2 aliphatic heterocycles. The third kappa shape index (κ3) is 15.3. The number of unbranched alkanes of at least 4 members (excludes halogenated alkanes) is 32. The predicted molar refractivity (Wildman–Crippen MR) is 339 cm³/mol. The molecule has 0 radical (unpaired) electrons. The quantitative estimate of drug-likeness (QED) is 0.0128. The summed E-state index contributed by atoms with van der Waals surface area (Å²) in [5.41, 5.74) is 3.03. The maximum atomic E-state index is 15.3. The van der Waals surface area contributed by atoms with Gasteiger partial charge in [0.05, 0.1) is 0 Å². The van der Waals surface area contributed by atoms with Crippen LogP contribution in [0.3, 0.4) is 0 Å². The summed E-state index contributed by atoms with van der Waals surface area (Å²) in [5, 5.41) is 5.74. The molecular formula is C74H102N2O4. The fourth-order valence-electron chi connectivity index (χ4n) is 14.0. The van der Waals surface area contributed by atoms with Crippen molar-refractivity contribution in [1.82, 2.24) is 9.80 Å². The van der Waals surface area contributed by atoms with Crippen molar-refractivity contribution in [3.63, 3.8) is 0 Å². The molecule has 2 aliphatic rings. The van der Waals surface area contributed by atoms with E-state index in [0.29, 0.717) is 44.2 Å². The van der Waals surface area contributed by atoms with Crippen molar-refractivity contribution in [1.29, 1.82) is 0 Å². The van der Waals surface area contributed by atoms with E-state index in [2.05, 4.69) is 39.5 Å². The lowest BCUT2D eigenvalue weighted by Crippen LogP contribution is -2.47. The monoisotopic (exact) mass is 1080 g/mol. The second-order valence-corrected chi connectivity index (χ2v) is 24.5. The first-order valence-corrected chi connectivity index (χ1v) is 33.2. The number of carbonyl (C=O) groups excluding carboxylic acids is 4. The Labute approximate surface area is 484 Å². The van der Waals surface area contributed by atoms with Gasteiger partial charge < -0.3 is 0 Å². The highest BCUT2D eigenvalue weighted by Crippen LogP contribution is 2.49. The van der Waals surface area contributed by atoms with Crippen molar-refractivity contribution < 1.29 is 19.2 Å². The van der Waals surface area contributed by atoms with E-state index in [4.69, 9.17) is 12.8 Å². The van der Waals surface area contributed by atoms with Crippen LogP contribution >= 0.6 is 0 Å². The van der Waals surface area contributed by atoms with Gasteiger partial charge in [-0.05, 0) is 60.7 Å². The average molecular weight is 1080 g/mol. The summed E-state index contributed by atoms with van der Waals surface area (Å²) in [7, 11) is 0. The molecule has 0 atom stereocenters. The molecule has 0 saturated carbocycles. The van der Waals surface area contributed by atoms with Gasteiger partial charge in [-0.1, -0.05) is 283 Å². The standard InChI is InChI=1S/C74H102N2O4/c1-7-13-17-21-25-29-33-37-41-45-57(46-42-38-34-30-26-22-18-14-8-2)75-71(77)61-51-49-59-66-56(12-6)54-64-68-62(52-50-60(70(66)68)65-55(11-5)53-63(73(75)79)67(61)69(59)65)72(78)76(74(64)80)58(47-43-39-35-31-27-23-19-15-9-3)48-44-40-36-32-28-24-20-16-10-4/h5-6,49-54,57-58H,7-10,13-48H2,1-4H3. The summed E-state index contributed by atoms with van der Waals surface area (Å²) >= 11 is 0. The molecule has 0 bridgehead atoms. The molecule has 6 heteroatoms. The Morgan fingerprint density at radius 1 is 0.312 bits per heavy atom. The fraction of sp³-hybridized carbons (Fsp3) is 0.622. The molecule has 2 heterocycles. The average Bonchev–Trinajstić information content (AvgIpc) is 3.50. The number of nitrogens with zero attached hydrogens (tertiary/aromatic N) is 2. The van der Waals surface area contributed by atoms with Crippen LogP contribution in [0.25, 0.3) is 43.1 Å². The van der Waals surface area contributed by atoms with E-state index in [-0.39, 0.29) is 35.7 Å². The van der Waals surface area contributed by atoms with Crippen molar-refractivity contribution >= 4 is 66.7 Å². The van der Waals surface area contributed by atoms with Gasteiger partial charge in [0.2, 0.25) is 0 Å². The predicted octanol–water partition coefficient (Wildman–Crippen LogP) is 21.3. The van der Waals surface area contributed by atoms with Crippen molar-refractivity contribution in [2.24, 2.45) is 0 Å². The van der Waals surface area contributed by atoms with Gasteiger partial charge in [0.1, 0.15) is 0 Å². The number of rotatable bonds is 42. The SMILES string of the molecule is C#Cc1cc2c3c(ccc4c5c(C#C)cc6c7c(ccc(c1c34)c75)C(=O)N(C(CCCCCCCCCCC)CCCCCCCCCCC)C6=O)C(=O)N(C(CCCCCCCCCCC)CCCCCCCCCCC)C2=O. The number of amides is 4. The van der Waals surface area contributed by atoms with E-state index < -0.39 is 0 Å². The first kappa shape index (κ1) is 62.4. The molecule has 0 spiro atoms. The van der Waals surface area contributed by atoms with Gasteiger partial charge in [-0.3, -0.25) is 29.0 Å². The molecule has 432 valence electrons. The number of fused-ring (bicyclic) bond motifs is 2. The number of carbonyl (C=O) groups is 4. The largest absolute Gasteiger partial charge is 0.271 e. The first-order chi connectivity index (χ1) is 39.3. The number of benzene rings is 5. The summed E-state index contributed by atoms with van der Waals surface area (Å²) < 4.78 is 0. The van der Waals surface area contributed by atoms with Crippen molar-refractivity contribution in [3.05, 3.63) is 69.8 Å². The Morgan fingerprint density at radius 2 is 0.550 bits per heavy atom. The number of hydrogen-bond donors (Lipinski definition) is 0. The summed E-state index contributed by atoms with van der Waals surface area (Å²) in [5.74, 6) is 4.93. The first-order valence-electron chi connectivity index (χ1n) is 33.2. The second kappa shape index (κ2) is 33.0. The van der Waals surface area contributed by atoms with E-state index >= 15 is 19.2 Å². The van der Waals surface area contributed by atoms with E-state index in [0.717, 1.165) is 109 Å². The highest BCUT2D eigenvalue weighted by molar-refractivity contribution is 6.42. The second-order valence-electron chi connectivity index (χ2n) is 24.5. The summed E-state index contributed by atoms with van der Waals surface area (Å²) in [4.78, 5) is 64.1. The molecule has 0 aromatic heterocycles. The Kier molecular flexibility index (Phi) is 25.8. The third-order valence-electron chi connectivity index (χ3n) is 18.5. The number of terminal acetylenes is 2. The molecule has 0 unspecified atom stereocenters. The minimum absolute atomic E-state index is 0.205. The minimum Gasteiger partial charge on any atom is -0.271 e. The zero-order valence-corrected chi connectivity index (χ0v) is 50.6. The van der Waals surface area contributed by atoms with Gasteiger partial charge in [0.15, 0.2) is 0 Å². The molecule has 7 rings (SSSR count). The van der Waals surface area contributed by atoms with Crippen molar-refractivity contribution in [2.45, 2.75) is 297 Å². The maximum absolute atomic E-state index is 15.3. The lowest BCUT2D eigenvalue weighted by molar-refractivity contribution is 0.0501. The highest BCUT2D eigenvalue weighted by atomic mass is 16.2. The van der Waals surface area contributed by atoms with E-state index in [1.807, 2.05) is 36.4 Å². The summed E-state index contributed by atoms with van der Waals surface area (Å²) in [6.45, 7) is 9.03. The van der Waals surface area contributed by atoms with E-state index in [1.54, 1.807) is 9.80 Å². The number of imide groups is 2. The zero-order valence-electron chi connectivity index (χ0n) is 50.6. The molecule has 0 N–H and O–H groups in total. The Morgan fingerprint density at radius 3 is 0.800 bits per heavy atom.